The summed E-state index contributed by atoms with van der Waals surface area (Å²) in [6.45, 7) is 2.10. The number of hydrogen-bond donors (Lipinski definition) is 4. The first-order chi connectivity index (χ1) is 13.4. The van der Waals surface area contributed by atoms with Crippen LogP contribution in [0.25, 0.3) is 0 Å². The van der Waals surface area contributed by atoms with Crippen LogP contribution in [0.4, 0.5) is 0 Å². The minimum Gasteiger partial charge on any atom is -0.481 e. The topological polar surface area (TPSA) is 107 Å². The summed E-state index contributed by atoms with van der Waals surface area (Å²) < 4.78 is 5.56. The molecule has 4 N–H and O–H groups in total. The number of aliphatic hydroxyl groups is 3. The largest absolute Gasteiger partial charge is 0.481 e. The van der Waals surface area contributed by atoms with Crippen molar-refractivity contribution in [1.82, 2.24) is 0 Å². The number of aliphatic hydroxyl groups excluding tert-OH is 3. The molecule has 1 aliphatic rings. The number of ether oxygens (including phenoxy) is 1. The van der Waals surface area contributed by atoms with Gasteiger partial charge in [-0.2, -0.15) is 0 Å². The highest BCUT2D eigenvalue weighted by Gasteiger charge is 2.36. The minimum atomic E-state index is -0.956. The molecule has 0 bridgehead atoms. The van der Waals surface area contributed by atoms with Crippen LogP contribution in [0, 0.1) is 0 Å². The van der Waals surface area contributed by atoms with Crippen LogP contribution in [-0.2, 0) is 9.53 Å². The molecule has 0 aromatic carbocycles. The van der Waals surface area contributed by atoms with E-state index < -0.39 is 36.5 Å². The van der Waals surface area contributed by atoms with Crippen LogP contribution in [0.5, 0.6) is 0 Å². The summed E-state index contributed by atoms with van der Waals surface area (Å²) >= 11 is 0. The summed E-state index contributed by atoms with van der Waals surface area (Å²) in [5.41, 5.74) is 0. The van der Waals surface area contributed by atoms with E-state index in [1.54, 1.807) is 0 Å². The molecule has 28 heavy (non-hydrogen) atoms. The molecule has 1 saturated heterocycles. The van der Waals surface area contributed by atoms with E-state index in [0.717, 1.165) is 19.3 Å². The third-order valence-electron chi connectivity index (χ3n) is 4.46. The van der Waals surface area contributed by atoms with Gasteiger partial charge >= 0.3 is 5.97 Å². The number of carboxylic acids is 1. The second-order valence-corrected chi connectivity index (χ2v) is 6.92. The van der Waals surface area contributed by atoms with Gasteiger partial charge < -0.3 is 25.2 Å². The van der Waals surface area contributed by atoms with Gasteiger partial charge in [-0.3, -0.25) is 4.79 Å². The Balaban J connectivity index is 2.28. The van der Waals surface area contributed by atoms with Crippen molar-refractivity contribution in [3.05, 3.63) is 48.6 Å². The number of rotatable bonds is 13. The highest BCUT2D eigenvalue weighted by Crippen LogP contribution is 2.26. The van der Waals surface area contributed by atoms with Gasteiger partial charge in [-0.1, -0.05) is 55.5 Å². The van der Waals surface area contributed by atoms with Crippen LogP contribution >= 0.6 is 0 Å². The molecule has 0 radical (unpaired) electrons. The predicted molar refractivity (Wildman–Crippen MR) is 109 cm³/mol. The second-order valence-electron chi connectivity index (χ2n) is 6.92. The van der Waals surface area contributed by atoms with Gasteiger partial charge in [0.15, 0.2) is 0 Å². The van der Waals surface area contributed by atoms with Crippen LogP contribution in [0.3, 0.4) is 0 Å². The Morgan fingerprint density at radius 1 is 1.07 bits per heavy atom. The van der Waals surface area contributed by atoms with Crippen molar-refractivity contribution in [2.75, 3.05) is 0 Å². The third kappa shape index (κ3) is 10.6. The molecule has 1 fully saturated rings. The van der Waals surface area contributed by atoms with Crippen molar-refractivity contribution in [2.24, 2.45) is 0 Å². The monoisotopic (exact) mass is 394 g/mol. The fraction of sp³-hybridized carbons (Fsp3) is 0.591. The average Bonchev–Trinajstić information content (AvgIpc) is 3.04. The zero-order valence-electron chi connectivity index (χ0n) is 16.6. The molecule has 6 nitrogen and oxygen atoms in total. The highest BCUT2D eigenvalue weighted by molar-refractivity contribution is 5.66. The van der Waals surface area contributed by atoms with E-state index in [1.807, 2.05) is 12.2 Å². The zero-order chi connectivity index (χ0) is 20.8. The van der Waals surface area contributed by atoms with E-state index in [1.165, 1.54) is 12.2 Å². The van der Waals surface area contributed by atoms with E-state index in [0.29, 0.717) is 6.42 Å². The maximum atomic E-state index is 10.6. The van der Waals surface area contributed by atoms with Crippen LogP contribution in [-0.4, -0.2) is 56.9 Å². The first-order valence-electron chi connectivity index (χ1n) is 9.98. The summed E-state index contributed by atoms with van der Waals surface area (Å²) in [6.07, 6.45) is 15.3. The van der Waals surface area contributed by atoms with E-state index in [-0.39, 0.29) is 19.3 Å². The first-order valence-corrected chi connectivity index (χ1v) is 9.98. The van der Waals surface area contributed by atoms with Gasteiger partial charge in [-0.05, 0) is 32.1 Å². The molecule has 0 aromatic heterocycles. The second kappa shape index (κ2) is 14.3. The van der Waals surface area contributed by atoms with Crippen molar-refractivity contribution in [2.45, 2.75) is 82.4 Å². The summed E-state index contributed by atoms with van der Waals surface area (Å²) in [5.74, 6) is -0.945. The van der Waals surface area contributed by atoms with Crippen molar-refractivity contribution in [3.8, 4) is 0 Å². The normalized spacial score (nSPS) is 25.5. The molecule has 0 aliphatic carbocycles. The Bertz CT molecular complexity index is 551. The van der Waals surface area contributed by atoms with Gasteiger partial charge in [0, 0.05) is 12.8 Å². The van der Waals surface area contributed by atoms with Gasteiger partial charge in [-0.25, -0.2) is 0 Å². The summed E-state index contributed by atoms with van der Waals surface area (Å²) in [4.78, 5) is 10.6. The lowest BCUT2D eigenvalue weighted by Crippen LogP contribution is -2.25. The summed E-state index contributed by atoms with van der Waals surface area (Å²) in [7, 11) is 0. The molecule has 0 aromatic rings. The van der Waals surface area contributed by atoms with E-state index in [4.69, 9.17) is 9.84 Å². The van der Waals surface area contributed by atoms with Gasteiger partial charge in [0.25, 0.3) is 0 Å². The standard InChI is InChI=1S/C22H34O6/c1-2-3-4-5-6-7-8-9-10-11-17(23)12-13-18(24)21-16-19(25)20(28-21)14-15-22(26)27/h3-4,6-7,9-10,12-13,17-21,23-25H,2,5,8,11,14-16H2,1H3,(H,26,27)/b4-3-,7-6-,10-9-,13-12+/t17-,18+,19-,20+,21+/m0/s1. The molecule has 0 unspecified atom stereocenters. The van der Waals surface area contributed by atoms with Crippen molar-refractivity contribution >= 4 is 5.97 Å². The maximum absolute atomic E-state index is 10.6. The van der Waals surface area contributed by atoms with E-state index >= 15 is 0 Å². The third-order valence-corrected chi connectivity index (χ3v) is 4.46. The number of carboxylic acid groups (broad SMARTS) is 1. The summed E-state index contributed by atoms with van der Waals surface area (Å²) in [6, 6.07) is 0. The maximum Gasteiger partial charge on any atom is 0.303 e. The van der Waals surface area contributed by atoms with Gasteiger partial charge in [0.2, 0.25) is 0 Å². The van der Waals surface area contributed by atoms with E-state index in [9.17, 15) is 20.1 Å². The Hall–Kier alpha value is -1.73. The molecule has 5 atom stereocenters. The molecule has 1 heterocycles. The number of carbonyl (C=O) groups is 1. The Morgan fingerprint density at radius 2 is 1.71 bits per heavy atom. The molecule has 0 saturated carbocycles. The molecule has 6 heteroatoms. The quantitative estimate of drug-likeness (QED) is 0.358. The van der Waals surface area contributed by atoms with Crippen LogP contribution in [0.15, 0.2) is 48.6 Å². The lowest BCUT2D eigenvalue weighted by Gasteiger charge is -2.16. The Labute approximate surface area is 167 Å². The van der Waals surface area contributed by atoms with Crippen LogP contribution < -0.4 is 0 Å². The molecule has 0 amide bonds. The lowest BCUT2D eigenvalue weighted by molar-refractivity contribution is -0.138. The van der Waals surface area contributed by atoms with Crippen LogP contribution in [0.2, 0.25) is 0 Å². The van der Waals surface area contributed by atoms with Gasteiger partial charge in [0.05, 0.1) is 30.5 Å². The Morgan fingerprint density at radius 3 is 2.36 bits per heavy atom. The molecule has 1 aliphatic heterocycles. The number of hydrogen-bond acceptors (Lipinski definition) is 5. The summed E-state index contributed by atoms with van der Waals surface area (Å²) in [5, 5.41) is 38.7. The number of allylic oxidation sites excluding steroid dienone is 5. The molecular formula is C22H34O6. The SMILES string of the molecule is CC/C=C\C/C=C\C/C=C\C[C@H](O)/C=C/[C@@H](O)[C@H]1C[C@H](O)[C@@H](CCC(=O)O)O1. The minimum absolute atomic E-state index is 0.0872. The van der Waals surface area contributed by atoms with Crippen molar-refractivity contribution in [1.29, 1.82) is 0 Å². The molecule has 0 spiro atoms. The molecule has 158 valence electrons. The van der Waals surface area contributed by atoms with Crippen molar-refractivity contribution in [3.63, 3.8) is 0 Å². The fourth-order valence-electron chi connectivity index (χ4n) is 2.90. The lowest BCUT2D eigenvalue weighted by atomic mass is 10.0. The zero-order valence-corrected chi connectivity index (χ0v) is 16.6. The van der Waals surface area contributed by atoms with E-state index in [2.05, 4.69) is 31.2 Å². The average molecular weight is 395 g/mol. The Kier molecular flexibility index (Phi) is 12.4. The molecule has 1 rings (SSSR count). The fourth-order valence-corrected chi connectivity index (χ4v) is 2.90. The van der Waals surface area contributed by atoms with Gasteiger partial charge in [0.1, 0.15) is 0 Å². The first kappa shape index (κ1) is 24.3. The number of aliphatic carboxylic acids is 1. The highest BCUT2D eigenvalue weighted by atomic mass is 16.5. The van der Waals surface area contributed by atoms with Crippen molar-refractivity contribution < 1.29 is 30.0 Å². The van der Waals surface area contributed by atoms with Gasteiger partial charge in [-0.15, -0.1) is 0 Å². The molecular weight excluding hydrogens is 360 g/mol. The van der Waals surface area contributed by atoms with Crippen LogP contribution in [0.1, 0.15) is 51.9 Å². The predicted octanol–water partition coefficient (Wildman–Crippen LogP) is 2.90. The smallest absolute Gasteiger partial charge is 0.303 e.